The van der Waals surface area contributed by atoms with Crippen molar-refractivity contribution >= 4 is 28.9 Å². The van der Waals surface area contributed by atoms with E-state index < -0.39 is 23.6 Å². The van der Waals surface area contributed by atoms with E-state index in [1.807, 2.05) is 24.0 Å². The summed E-state index contributed by atoms with van der Waals surface area (Å²) in [5, 5.41) is 2.70. The molecule has 2 aliphatic heterocycles. The lowest BCUT2D eigenvalue weighted by molar-refractivity contribution is -0.137. The van der Waals surface area contributed by atoms with Crippen molar-refractivity contribution in [1.29, 1.82) is 0 Å². The summed E-state index contributed by atoms with van der Waals surface area (Å²) in [4.78, 5) is 29.4. The van der Waals surface area contributed by atoms with Crippen LogP contribution in [0.15, 0.2) is 36.4 Å². The number of carbonyl (C=O) groups is 2. The van der Waals surface area contributed by atoms with Crippen LogP contribution < -0.4 is 19.9 Å². The van der Waals surface area contributed by atoms with Crippen LogP contribution in [0.4, 0.5) is 30.2 Å². The molecular formula is C25H28F3N3O3. The Morgan fingerprint density at radius 2 is 1.79 bits per heavy atom. The number of anilines is 3. The number of benzene rings is 2. The summed E-state index contributed by atoms with van der Waals surface area (Å²) >= 11 is 0. The van der Waals surface area contributed by atoms with Gasteiger partial charge in [-0.15, -0.1) is 0 Å². The van der Waals surface area contributed by atoms with Crippen molar-refractivity contribution in [2.24, 2.45) is 5.92 Å². The SMILES string of the molecule is COc1ccc(C)cc1N1CC(C(=O)Nc2cc(C(F)(F)F)ccc2N2CCCCC2)CC1=O. The highest BCUT2D eigenvalue weighted by Crippen LogP contribution is 2.38. The summed E-state index contributed by atoms with van der Waals surface area (Å²) in [6, 6.07) is 8.90. The van der Waals surface area contributed by atoms with E-state index >= 15 is 0 Å². The molecule has 0 aromatic heterocycles. The molecule has 182 valence electrons. The Labute approximate surface area is 196 Å². The number of nitrogens with one attached hydrogen (secondary N) is 1. The van der Waals surface area contributed by atoms with Crippen molar-refractivity contribution in [3.05, 3.63) is 47.5 Å². The third-order valence-corrected chi connectivity index (χ3v) is 6.40. The van der Waals surface area contributed by atoms with Crippen molar-refractivity contribution in [3.8, 4) is 5.75 Å². The van der Waals surface area contributed by atoms with Gasteiger partial charge in [-0.2, -0.15) is 13.2 Å². The van der Waals surface area contributed by atoms with E-state index in [1.54, 1.807) is 6.07 Å². The highest BCUT2D eigenvalue weighted by atomic mass is 19.4. The van der Waals surface area contributed by atoms with Crippen molar-refractivity contribution in [2.75, 3.05) is 41.9 Å². The Morgan fingerprint density at radius 3 is 2.47 bits per heavy atom. The van der Waals surface area contributed by atoms with Crippen LogP contribution in [0.2, 0.25) is 0 Å². The van der Waals surface area contributed by atoms with E-state index in [1.165, 1.54) is 18.1 Å². The maximum Gasteiger partial charge on any atom is 0.416 e. The Bertz CT molecular complexity index is 1080. The summed E-state index contributed by atoms with van der Waals surface area (Å²) < 4.78 is 45.5. The van der Waals surface area contributed by atoms with Gasteiger partial charge >= 0.3 is 6.18 Å². The molecule has 0 radical (unpaired) electrons. The number of rotatable bonds is 5. The molecule has 0 bridgehead atoms. The fraction of sp³-hybridized carbons (Fsp3) is 0.440. The van der Waals surface area contributed by atoms with Gasteiger partial charge in [0.1, 0.15) is 5.75 Å². The second-order valence-corrected chi connectivity index (χ2v) is 8.85. The lowest BCUT2D eigenvalue weighted by atomic mass is 10.1. The van der Waals surface area contributed by atoms with Crippen LogP contribution in [0, 0.1) is 12.8 Å². The van der Waals surface area contributed by atoms with Crippen LogP contribution in [-0.4, -0.2) is 38.6 Å². The normalized spacial score (nSPS) is 18.9. The molecule has 2 aromatic carbocycles. The highest BCUT2D eigenvalue weighted by molar-refractivity contribution is 6.05. The average Bonchev–Trinajstić information content (AvgIpc) is 3.20. The van der Waals surface area contributed by atoms with E-state index in [4.69, 9.17) is 4.74 Å². The third kappa shape index (κ3) is 4.98. The van der Waals surface area contributed by atoms with E-state index in [2.05, 4.69) is 5.32 Å². The molecule has 4 rings (SSSR count). The molecule has 34 heavy (non-hydrogen) atoms. The van der Waals surface area contributed by atoms with Gasteiger partial charge in [-0.25, -0.2) is 0 Å². The summed E-state index contributed by atoms with van der Waals surface area (Å²) in [5.41, 5.74) is 1.39. The second-order valence-electron chi connectivity index (χ2n) is 8.85. The fourth-order valence-electron chi connectivity index (χ4n) is 4.58. The first-order chi connectivity index (χ1) is 16.2. The molecule has 9 heteroatoms. The molecule has 1 unspecified atom stereocenters. The average molecular weight is 476 g/mol. The number of hydrogen-bond donors (Lipinski definition) is 1. The number of hydrogen-bond acceptors (Lipinski definition) is 4. The zero-order valence-corrected chi connectivity index (χ0v) is 19.2. The first-order valence-electron chi connectivity index (χ1n) is 11.4. The number of alkyl halides is 3. The maximum absolute atomic E-state index is 13.4. The Balaban J connectivity index is 1.57. The summed E-state index contributed by atoms with van der Waals surface area (Å²) in [6.07, 6.45) is -1.60. The zero-order chi connectivity index (χ0) is 24.5. The fourth-order valence-corrected chi connectivity index (χ4v) is 4.58. The van der Waals surface area contributed by atoms with Crippen molar-refractivity contribution < 1.29 is 27.5 Å². The largest absolute Gasteiger partial charge is 0.495 e. The zero-order valence-electron chi connectivity index (χ0n) is 19.2. The van der Waals surface area contributed by atoms with Gasteiger partial charge in [0.2, 0.25) is 11.8 Å². The van der Waals surface area contributed by atoms with Crippen molar-refractivity contribution in [3.63, 3.8) is 0 Å². The quantitative estimate of drug-likeness (QED) is 0.661. The van der Waals surface area contributed by atoms with Crippen LogP contribution in [-0.2, 0) is 15.8 Å². The molecule has 2 heterocycles. The number of methoxy groups -OCH3 is 1. The number of piperidine rings is 1. The van der Waals surface area contributed by atoms with E-state index in [-0.39, 0.29) is 24.6 Å². The summed E-state index contributed by atoms with van der Waals surface area (Å²) in [7, 11) is 1.51. The minimum atomic E-state index is -4.53. The molecular weight excluding hydrogens is 447 g/mol. The monoisotopic (exact) mass is 475 g/mol. The van der Waals surface area contributed by atoms with Crippen molar-refractivity contribution in [2.45, 2.75) is 38.8 Å². The molecule has 2 amide bonds. The smallest absolute Gasteiger partial charge is 0.416 e. The minimum Gasteiger partial charge on any atom is -0.495 e. The lowest BCUT2D eigenvalue weighted by Gasteiger charge is -2.31. The predicted molar refractivity (Wildman–Crippen MR) is 124 cm³/mol. The lowest BCUT2D eigenvalue weighted by Crippen LogP contribution is -2.32. The number of aryl methyl sites for hydroxylation is 1. The van der Waals surface area contributed by atoms with Crippen LogP contribution in [0.5, 0.6) is 5.75 Å². The van der Waals surface area contributed by atoms with Gasteiger partial charge < -0.3 is 19.9 Å². The Kier molecular flexibility index (Phi) is 6.72. The summed E-state index contributed by atoms with van der Waals surface area (Å²) in [5.74, 6) is -0.879. The molecule has 2 saturated heterocycles. The maximum atomic E-state index is 13.4. The number of ether oxygens (including phenoxy) is 1. The minimum absolute atomic E-state index is 0.0268. The Morgan fingerprint density at radius 1 is 1.06 bits per heavy atom. The molecule has 1 atom stereocenters. The first-order valence-corrected chi connectivity index (χ1v) is 11.4. The van der Waals surface area contributed by atoms with Gasteiger partial charge in [0, 0.05) is 26.1 Å². The van der Waals surface area contributed by atoms with Gasteiger partial charge in [0.05, 0.1) is 35.7 Å². The molecule has 2 aromatic rings. The van der Waals surface area contributed by atoms with Gasteiger partial charge in [-0.05, 0) is 62.1 Å². The van der Waals surface area contributed by atoms with Crippen LogP contribution in [0.25, 0.3) is 0 Å². The van der Waals surface area contributed by atoms with E-state index in [0.717, 1.165) is 50.0 Å². The Hall–Kier alpha value is -3.23. The summed E-state index contributed by atoms with van der Waals surface area (Å²) in [6.45, 7) is 3.46. The van der Waals surface area contributed by atoms with E-state index in [9.17, 15) is 22.8 Å². The number of halogens is 3. The van der Waals surface area contributed by atoms with Gasteiger partial charge in [0.25, 0.3) is 0 Å². The molecule has 0 saturated carbocycles. The van der Waals surface area contributed by atoms with Crippen molar-refractivity contribution in [1.82, 2.24) is 0 Å². The molecule has 0 spiro atoms. The second kappa shape index (κ2) is 9.56. The standard InChI is InChI=1S/C25H28F3N3O3/c1-16-6-9-22(34-2)21(12-16)31-15-17(13-23(31)32)24(33)29-19-14-18(25(26,27)28)7-8-20(19)30-10-4-3-5-11-30/h6-9,12,14,17H,3-5,10-11,13,15H2,1-2H3,(H,29,33). The number of carbonyl (C=O) groups excluding carboxylic acids is 2. The third-order valence-electron chi connectivity index (χ3n) is 6.40. The topological polar surface area (TPSA) is 61.9 Å². The first kappa shape index (κ1) is 23.9. The van der Waals surface area contributed by atoms with E-state index in [0.29, 0.717) is 17.1 Å². The van der Waals surface area contributed by atoms with Gasteiger partial charge in [0.15, 0.2) is 0 Å². The molecule has 6 nitrogen and oxygen atoms in total. The van der Waals surface area contributed by atoms with Crippen LogP contribution in [0.3, 0.4) is 0 Å². The number of amides is 2. The van der Waals surface area contributed by atoms with Gasteiger partial charge in [-0.1, -0.05) is 6.07 Å². The highest BCUT2D eigenvalue weighted by Gasteiger charge is 2.37. The number of nitrogens with zero attached hydrogens (tertiary/aromatic N) is 2. The molecule has 2 aliphatic rings. The predicted octanol–water partition coefficient (Wildman–Crippen LogP) is 5.00. The van der Waals surface area contributed by atoms with Gasteiger partial charge in [-0.3, -0.25) is 9.59 Å². The molecule has 1 N–H and O–H groups in total. The molecule has 0 aliphatic carbocycles. The molecule has 2 fully saturated rings. The van der Waals surface area contributed by atoms with Crippen LogP contribution >= 0.6 is 0 Å². The van der Waals surface area contributed by atoms with Crippen LogP contribution in [0.1, 0.15) is 36.8 Å².